The molecule has 88 valence electrons. The van der Waals surface area contributed by atoms with Gasteiger partial charge in [-0.25, -0.2) is 15.0 Å². The van der Waals surface area contributed by atoms with E-state index in [0.717, 1.165) is 0 Å². The lowest BCUT2D eigenvalue weighted by Gasteiger charge is -1.98. The fraction of sp³-hybridized carbons (Fsp3) is 0.200. The molecule has 0 spiro atoms. The summed E-state index contributed by atoms with van der Waals surface area (Å²) in [5, 5.41) is 11.0. The minimum Gasteiger partial charge on any atom is -0.481 e. The topological polar surface area (TPSA) is 85.2 Å². The van der Waals surface area contributed by atoms with E-state index in [1.165, 1.54) is 24.8 Å². The van der Waals surface area contributed by atoms with Crippen LogP contribution in [0.15, 0.2) is 17.8 Å². The number of thiazole rings is 1. The molecule has 0 radical (unpaired) electrons. The van der Waals surface area contributed by atoms with Crippen molar-refractivity contribution in [2.24, 2.45) is 0 Å². The molecule has 0 bridgehead atoms. The maximum Gasteiger partial charge on any atom is 0.309 e. The van der Waals surface area contributed by atoms with Crippen LogP contribution in [0, 0.1) is 0 Å². The van der Waals surface area contributed by atoms with E-state index in [4.69, 9.17) is 9.84 Å². The molecule has 0 fully saturated rings. The number of aliphatic carboxylic acids is 1. The summed E-state index contributed by atoms with van der Waals surface area (Å²) in [6.45, 7) is 0. The molecule has 0 saturated heterocycles. The van der Waals surface area contributed by atoms with Crippen LogP contribution in [0.4, 0.5) is 0 Å². The highest BCUT2D eigenvalue weighted by molar-refractivity contribution is 7.13. The van der Waals surface area contributed by atoms with Crippen LogP contribution in [0.25, 0.3) is 10.7 Å². The molecule has 0 aliphatic heterocycles. The monoisotopic (exact) mass is 251 g/mol. The van der Waals surface area contributed by atoms with Gasteiger partial charge >= 0.3 is 5.97 Å². The number of hydrogen-bond donors (Lipinski definition) is 1. The number of methoxy groups -OCH3 is 1. The standard InChI is InChI=1S/C10H9N3O3S/c1-16-8-3-7(11-5-12-8)10-13-6(4-17-10)2-9(14)15/h3-5H,2H2,1H3,(H,14,15). The molecule has 0 atom stereocenters. The molecule has 17 heavy (non-hydrogen) atoms. The first-order valence-electron chi connectivity index (χ1n) is 4.71. The summed E-state index contributed by atoms with van der Waals surface area (Å²) in [4.78, 5) is 22.7. The van der Waals surface area contributed by atoms with Crippen LogP contribution < -0.4 is 4.74 Å². The Bertz CT molecular complexity index is 541. The molecule has 2 heterocycles. The third kappa shape index (κ3) is 2.76. The minimum absolute atomic E-state index is 0.0846. The van der Waals surface area contributed by atoms with Gasteiger partial charge in [0.15, 0.2) is 0 Å². The molecule has 1 N–H and O–H groups in total. The first-order valence-corrected chi connectivity index (χ1v) is 5.59. The quantitative estimate of drug-likeness (QED) is 0.879. The van der Waals surface area contributed by atoms with Crippen molar-refractivity contribution in [1.29, 1.82) is 0 Å². The highest BCUT2D eigenvalue weighted by Gasteiger charge is 2.09. The largest absolute Gasteiger partial charge is 0.481 e. The first-order chi connectivity index (χ1) is 8.19. The van der Waals surface area contributed by atoms with Gasteiger partial charge in [0.25, 0.3) is 0 Å². The van der Waals surface area contributed by atoms with E-state index in [0.29, 0.717) is 22.3 Å². The van der Waals surface area contributed by atoms with Crippen LogP contribution in [-0.2, 0) is 11.2 Å². The summed E-state index contributed by atoms with van der Waals surface area (Å²) in [5.74, 6) is -0.452. The fourth-order valence-corrected chi connectivity index (χ4v) is 2.01. The maximum atomic E-state index is 10.5. The predicted octanol–water partition coefficient (Wildman–Crippen LogP) is 1.24. The Balaban J connectivity index is 2.26. The van der Waals surface area contributed by atoms with Gasteiger partial charge in [-0.1, -0.05) is 0 Å². The molecule has 0 aliphatic carbocycles. The number of aromatic nitrogens is 3. The minimum atomic E-state index is -0.901. The van der Waals surface area contributed by atoms with Crippen molar-refractivity contribution in [3.8, 4) is 16.6 Å². The lowest BCUT2D eigenvalue weighted by atomic mass is 10.3. The zero-order valence-corrected chi connectivity index (χ0v) is 9.77. The Morgan fingerprint density at radius 3 is 3.06 bits per heavy atom. The number of carboxylic acids is 1. The molecular weight excluding hydrogens is 242 g/mol. The van der Waals surface area contributed by atoms with Crippen molar-refractivity contribution in [3.63, 3.8) is 0 Å². The van der Waals surface area contributed by atoms with Gasteiger partial charge in [-0.3, -0.25) is 4.79 Å². The van der Waals surface area contributed by atoms with E-state index in [1.807, 2.05) is 0 Å². The van der Waals surface area contributed by atoms with Gasteiger partial charge in [-0.05, 0) is 0 Å². The Hall–Kier alpha value is -2.02. The highest BCUT2D eigenvalue weighted by Crippen LogP contribution is 2.23. The van der Waals surface area contributed by atoms with Crippen LogP contribution >= 0.6 is 11.3 Å². The maximum absolute atomic E-state index is 10.5. The van der Waals surface area contributed by atoms with E-state index >= 15 is 0 Å². The molecule has 0 saturated carbocycles. The fourth-order valence-electron chi connectivity index (χ4n) is 1.23. The van der Waals surface area contributed by atoms with Crippen LogP contribution in [0.2, 0.25) is 0 Å². The number of ether oxygens (including phenoxy) is 1. The Morgan fingerprint density at radius 1 is 1.53 bits per heavy atom. The SMILES string of the molecule is COc1cc(-c2nc(CC(=O)O)cs2)ncn1. The van der Waals surface area contributed by atoms with Crippen LogP contribution in [0.3, 0.4) is 0 Å². The van der Waals surface area contributed by atoms with Gasteiger partial charge in [-0.15, -0.1) is 11.3 Å². The molecule has 7 heteroatoms. The number of hydrogen-bond acceptors (Lipinski definition) is 6. The third-order valence-electron chi connectivity index (χ3n) is 1.95. The smallest absolute Gasteiger partial charge is 0.309 e. The van der Waals surface area contributed by atoms with Gasteiger partial charge in [-0.2, -0.15) is 0 Å². The lowest BCUT2D eigenvalue weighted by Crippen LogP contribution is -2.00. The zero-order chi connectivity index (χ0) is 12.3. The Kier molecular flexibility index (Phi) is 3.29. The van der Waals surface area contributed by atoms with Crippen LogP contribution in [0.1, 0.15) is 5.69 Å². The molecule has 6 nitrogen and oxygen atoms in total. The summed E-state index contributed by atoms with van der Waals surface area (Å²) in [6.07, 6.45) is 1.30. The van der Waals surface area contributed by atoms with Crippen molar-refractivity contribution in [3.05, 3.63) is 23.5 Å². The normalized spacial score (nSPS) is 10.2. The molecular formula is C10H9N3O3S. The summed E-state index contributed by atoms with van der Waals surface area (Å²) < 4.78 is 4.98. The average Bonchev–Trinajstić information content (AvgIpc) is 2.77. The molecule has 2 rings (SSSR count). The van der Waals surface area contributed by atoms with E-state index in [-0.39, 0.29) is 6.42 Å². The summed E-state index contributed by atoms with van der Waals surface area (Å²) in [5.41, 5.74) is 1.15. The van der Waals surface area contributed by atoms with E-state index in [2.05, 4.69) is 15.0 Å². The van der Waals surface area contributed by atoms with Gasteiger partial charge in [0.05, 0.1) is 19.2 Å². The molecule has 2 aromatic rings. The van der Waals surface area contributed by atoms with Gasteiger partial charge in [0.2, 0.25) is 5.88 Å². The van der Waals surface area contributed by atoms with Crippen LogP contribution in [-0.4, -0.2) is 33.1 Å². The van der Waals surface area contributed by atoms with Crippen molar-refractivity contribution in [2.75, 3.05) is 7.11 Å². The molecule has 0 amide bonds. The second kappa shape index (κ2) is 4.88. The van der Waals surface area contributed by atoms with Gasteiger partial charge < -0.3 is 9.84 Å². The van der Waals surface area contributed by atoms with E-state index in [9.17, 15) is 4.79 Å². The highest BCUT2D eigenvalue weighted by atomic mass is 32.1. The summed E-state index contributed by atoms with van der Waals surface area (Å²) >= 11 is 1.34. The van der Waals surface area contributed by atoms with Crippen molar-refractivity contribution < 1.29 is 14.6 Å². The third-order valence-corrected chi connectivity index (χ3v) is 2.87. The van der Waals surface area contributed by atoms with Gasteiger partial charge in [0, 0.05) is 11.4 Å². The summed E-state index contributed by atoms with van der Waals surface area (Å²) in [6, 6.07) is 1.66. The molecule has 2 aromatic heterocycles. The first kappa shape index (κ1) is 11.5. The zero-order valence-electron chi connectivity index (χ0n) is 8.95. The Labute approximate surface area is 101 Å². The number of carboxylic acid groups (broad SMARTS) is 1. The second-order valence-corrected chi connectivity index (χ2v) is 4.02. The van der Waals surface area contributed by atoms with Gasteiger partial charge in [0.1, 0.15) is 17.0 Å². The van der Waals surface area contributed by atoms with Crippen LogP contribution in [0.5, 0.6) is 5.88 Å². The number of rotatable bonds is 4. The van der Waals surface area contributed by atoms with Crippen molar-refractivity contribution in [2.45, 2.75) is 6.42 Å². The molecule has 0 aliphatic rings. The molecule has 0 aromatic carbocycles. The van der Waals surface area contributed by atoms with E-state index < -0.39 is 5.97 Å². The number of nitrogens with zero attached hydrogens (tertiary/aromatic N) is 3. The number of carbonyl (C=O) groups is 1. The molecule has 0 unspecified atom stereocenters. The lowest BCUT2D eigenvalue weighted by molar-refractivity contribution is -0.136. The average molecular weight is 251 g/mol. The van der Waals surface area contributed by atoms with Crippen molar-refractivity contribution >= 4 is 17.3 Å². The van der Waals surface area contributed by atoms with E-state index in [1.54, 1.807) is 11.4 Å². The summed E-state index contributed by atoms with van der Waals surface area (Å²) in [7, 11) is 1.52. The second-order valence-electron chi connectivity index (χ2n) is 3.16. The predicted molar refractivity (Wildman–Crippen MR) is 61.0 cm³/mol. The van der Waals surface area contributed by atoms with Crippen molar-refractivity contribution in [1.82, 2.24) is 15.0 Å². The Morgan fingerprint density at radius 2 is 2.35 bits per heavy atom.